The Morgan fingerprint density at radius 3 is 2.84 bits per heavy atom. The van der Waals surface area contributed by atoms with Crippen LogP contribution in [0.2, 0.25) is 0 Å². The quantitative estimate of drug-likeness (QED) is 0.824. The molecule has 0 amide bonds. The van der Waals surface area contributed by atoms with Crippen molar-refractivity contribution in [1.82, 2.24) is 4.90 Å². The second-order valence-electron chi connectivity index (χ2n) is 5.35. The predicted molar refractivity (Wildman–Crippen MR) is 74.3 cm³/mol. The lowest BCUT2D eigenvalue weighted by Crippen LogP contribution is -2.32. The van der Waals surface area contributed by atoms with Crippen molar-refractivity contribution in [3.05, 3.63) is 53.0 Å². The van der Waals surface area contributed by atoms with Crippen LogP contribution >= 0.6 is 0 Å². The second kappa shape index (κ2) is 4.74. The molecular weight excluding hydrogens is 238 g/mol. The lowest BCUT2D eigenvalue weighted by Gasteiger charge is -2.29. The topological polar surface area (TPSA) is 25.6 Å². The molecule has 19 heavy (non-hydrogen) atoms. The highest BCUT2D eigenvalue weighted by Gasteiger charge is 2.27. The largest absolute Gasteiger partial charge is 0.484 e. The SMILES string of the molecule is Cc1ccc(OC2CN(C)Cc3occc32)cc1C. The van der Waals surface area contributed by atoms with Crippen molar-refractivity contribution in [3.8, 4) is 5.75 Å². The average molecular weight is 257 g/mol. The number of benzene rings is 1. The predicted octanol–water partition coefficient (Wildman–Crippen LogP) is 3.46. The van der Waals surface area contributed by atoms with Crippen molar-refractivity contribution in [2.24, 2.45) is 0 Å². The minimum atomic E-state index is 0.0506. The van der Waals surface area contributed by atoms with Crippen LogP contribution in [0.25, 0.3) is 0 Å². The molecule has 3 rings (SSSR count). The Morgan fingerprint density at radius 2 is 2.05 bits per heavy atom. The standard InChI is InChI=1S/C16H19NO2/c1-11-4-5-13(8-12(11)2)19-16-10-17(3)9-15-14(16)6-7-18-15/h4-8,16H,9-10H2,1-3H3. The smallest absolute Gasteiger partial charge is 0.140 e. The van der Waals surface area contributed by atoms with Crippen LogP contribution in [0, 0.1) is 13.8 Å². The third-order valence-corrected chi connectivity index (χ3v) is 3.77. The Bertz CT molecular complexity index is 588. The molecule has 0 radical (unpaired) electrons. The normalized spacial score (nSPS) is 19.2. The summed E-state index contributed by atoms with van der Waals surface area (Å²) in [6.07, 6.45) is 1.80. The molecule has 1 aliphatic rings. The fraction of sp³-hybridized carbons (Fsp3) is 0.375. The van der Waals surface area contributed by atoms with E-state index >= 15 is 0 Å². The van der Waals surface area contributed by atoms with Crippen molar-refractivity contribution >= 4 is 0 Å². The molecular formula is C16H19NO2. The molecule has 1 atom stereocenters. The number of hydrogen-bond acceptors (Lipinski definition) is 3. The van der Waals surface area contributed by atoms with Gasteiger partial charge < -0.3 is 9.15 Å². The highest BCUT2D eigenvalue weighted by molar-refractivity contribution is 5.35. The van der Waals surface area contributed by atoms with E-state index in [9.17, 15) is 0 Å². The number of ether oxygens (including phenoxy) is 1. The van der Waals surface area contributed by atoms with E-state index in [1.165, 1.54) is 16.7 Å². The molecule has 0 aliphatic carbocycles. The highest BCUT2D eigenvalue weighted by atomic mass is 16.5. The van der Waals surface area contributed by atoms with Crippen molar-refractivity contribution in [2.75, 3.05) is 13.6 Å². The third kappa shape index (κ3) is 2.38. The van der Waals surface area contributed by atoms with E-state index < -0.39 is 0 Å². The van der Waals surface area contributed by atoms with E-state index in [2.05, 4.69) is 37.9 Å². The summed E-state index contributed by atoms with van der Waals surface area (Å²) >= 11 is 0. The third-order valence-electron chi connectivity index (χ3n) is 3.77. The van der Waals surface area contributed by atoms with Crippen molar-refractivity contribution < 1.29 is 9.15 Å². The summed E-state index contributed by atoms with van der Waals surface area (Å²) in [7, 11) is 2.09. The zero-order chi connectivity index (χ0) is 13.4. The molecule has 0 N–H and O–H groups in total. The lowest BCUT2D eigenvalue weighted by molar-refractivity contribution is 0.120. The molecule has 1 unspecified atom stereocenters. The average Bonchev–Trinajstić information content (AvgIpc) is 2.82. The summed E-state index contributed by atoms with van der Waals surface area (Å²) in [5.74, 6) is 1.94. The van der Waals surface area contributed by atoms with Crippen LogP contribution in [0.5, 0.6) is 5.75 Å². The zero-order valence-corrected chi connectivity index (χ0v) is 11.6. The summed E-state index contributed by atoms with van der Waals surface area (Å²) in [5.41, 5.74) is 3.72. The maximum atomic E-state index is 6.14. The van der Waals surface area contributed by atoms with Gasteiger partial charge in [-0.15, -0.1) is 0 Å². The minimum absolute atomic E-state index is 0.0506. The number of hydrogen-bond donors (Lipinski definition) is 0. The summed E-state index contributed by atoms with van der Waals surface area (Å²) < 4.78 is 11.7. The Labute approximate surface area is 113 Å². The summed E-state index contributed by atoms with van der Waals surface area (Å²) in [5, 5.41) is 0. The molecule has 100 valence electrons. The Hall–Kier alpha value is -1.74. The maximum Gasteiger partial charge on any atom is 0.140 e. The first kappa shape index (κ1) is 12.3. The molecule has 2 heterocycles. The van der Waals surface area contributed by atoms with E-state index in [0.717, 1.165) is 24.6 Å². The van der Waals surface area contributed by atoms with Gasteiger partial charge in [0.1, 0.15) is 17.6 Å². The van der Waals surface area contributed by atoms with E-state index in [1.807, 2.05) is 12.1 Å². The van der Waals surface area contributed by atoms with Crippen LogP contribution in [-0.2, 0) is 6.54 Å². The van der Waals surface area contributed by atoms with Gasteiger partial charge in [0.2, 0.25) is 0 Å². The van der Waals surface area contributed by atoms with Gasteiger partial charge in [0, 0.05) is 12.1 Å². The van der Waals surface area contributed by atoms with E-state index in [1.54, 1.807) is 6.26 Å². The molecule has 1 aromatic carbocycles. The molecule has 0 fully saturated rings. The minimum Gasteiger partial charge on any atom is -0.484 e. The second-order valence-corrected chi connectivity index (χ2v) is 5.35. The number of nitrogens with zero attached hydrogens (tertiary/aromatic N) is 1. The van der Waals surface area contributed by atoms with Gasteiger partial charge in [-0.05, 0) is 50.2 Å². The van der Waals surface area contributed by atoms with Crippen LogP contribution in [0.1, 0.15) is 28.6 Å². The highest BCUT2D eigenvalue weighted by Crippen LogP contribution is 2.31. The lowest BCUT2D eigenvalue weighted by atomic mass is 10.1. The van der Waals surface area contributed by atoms with Gasteiger partial charge in [-0.25, -0.2) is 0 Å². The van der Waals surface area contributed by atoms with Crippen molar-refractivity contribution in [1.29, 1.82) is 0 Å². The molecule has 1 aliphatic heterocycles. The van der Waals surface area contributed by atoms with Gasteiger partial charge in [0.05, 0.1) is 12.8 Å². The van der Waals surface area contributed by atoms with Gasteiger partial charge in [0.15, 0.2) is 0 Å². The van der Waals surface area contributed by atoms with Crippen LogP contribution in [-0.4, -0.2) is 18.5 Å². The first-order valence-corrected chi connectivity index (χ1v) is 6.62. The van der Waals surface area contributed by atoms with Crippen LogP contribution < -0.4 is 4.74 Å². The first-order chi connectivity index (χ1) is 9.13. The molecule has 3 heteroatoms. The molecule has 0 bridgehead atoms. The summed E-state index contributed by atoms with van der Waals surface area (Å²) in [6, 6.07) is 8.27. The summed E-state index contributed by atoms with van der Waals surface area (Å²) in [4.78, 5) is 2.22. The molecule has 1 aromatic heterocycles. The van der Waals surface area contributed by atoms with Crippen molar-refractivity contribution in [3.63, 3.8) is 0 Å². The Kier molecular flexibility index (Phi) is 3.07. The van der Waals surface area contributed by atoms with E-state index in [0.29, 0.717) is 0 Å². The first-order valence-electron chi connectivity index (χ1n) is 6.62. The molecule has 0 saturated carbocycles. The number of rotatable bonds is 2. The monoisotopic (exact) mass is 257 g/mol. The maximum absolute atomic E-state index is 6.14. The Balaban J connectivity index is 1.86. The number of likely N-dealkylation sites (N-methyl/N-ethyl adjacent to an activating group) is 1. The zero-order valence-electron chi connectivity index (χ0n) is 11.6. The van der Waals surface area contributed by atoms with Gasteiger partial charge in [-0.1, -0.05) is 6.07 Å². The number of furan rings is 1. The Morgan fingerprint density at radius 1 is 1.21 bits per heavy atom. The van der Waals surface area contributed by atoms with Gasteiger partial charge >= 0.3 is 0 Å². The van der Waals surface area contributed by atoms with Crippen LogP contribution in [0.4, 0.5) is 0 Å². The van der Waals surface area contributed by atoms with Crippen LogP contribution in [0.3, 0.4) is 0 Å². The van der Waals surface area contributed by atoms with Crippen LogP contribution in [0.15, 0.2) is 34.9 Å². The fourth-order valence-corrected chi connectivity index (χ4v) is 2.51. The number of aryl methyl sites for hydroxylation is 2. The molecule has 0 saturated heterocycles. The van der Waals surface area contributed by atoms with Gasteiger partial charge in [-0.3, -0.25) is 4.90 Å². The molecule has 3 nitrogen and oxygen atoms in total. The molecule has 2 aromatic rings. The summed E-state index contributed by atoms with van der Waals surface area (Å²) in [6.45, 7) is 5.97. The van der Waals surface area contributed by atoms with E-state index in [4.69, 9.17) is 9.15 Å². The van der Waals surface area contributed by atoms with Gasteiger partial charge in [0.25, 0.3) is 0 Å². The van der Waals surface area contributed by atoms with E-state index in [-0.39, 0.29) is 6.10 Å². The fourth-order valence-electron chi connectivity index (χ4n) is 2.51. The van der Waals surface area contributed by atoms with Gasteiger partial charge in [-0.2, -0.15) is 0 Å². The molecule has 0 spiro atoms. The number of fused-ring (bicyclic) bond motifs is 1. The van der Waals surface area contributed by atoms with Crippen molar-refractivity contribution in [2.45, 2.75) is 26.5 Å².